The van der Waals surface area contributed by atoms with Gasteiger partial charge in [0.15, 0.2) is 0 Å². The van der Waals surface area contributed by atoms with E-state index in [1.807, 2.05) is 12.1 Å². The van der Waals surface area contributed by atoms with Gasteiger partial charge in [0, 0.05) is 11.1 Å². The number of aromatic nitrogens is 1. The minimum atomic E-state index is 0.0273. The van der Waals surface area contributed by atoms with Gasteiger partial charge >= 0.3 is 0 Å². The molecule has 8 heteroatoms. The molecule has 0 aliphatic heterocycles. The average molecular weight is 401 g/mol. The van der Waals surface area contributed by atoms with Crippen molar-refractivity contribution in [2.24, 2.45) is 0 Å². The van der Waals surface area contributed by atoms with Crippen LogP contribution in [0.3, 0.4) is 0 Å². The number of nitrogen functional groups attached to an aromatic ring is 1. The normalized spacial score (nSPS) is 10.3. The van der Waals surface area contributed by atoms with E-state index >= 15 is 0 Å². The van der Waals surface area contributed by atoms with E-state index < -0.39 is 0 Å². The van der Waals surface area contributed by atoms with Crippen LogP contribution in [0.5, 0.6) is 0 Å². The summed E-state index contributed by atoms with van der Waals surface area (Å²) in [4.78, 5) is 4.23. The Hall–Kier alpha value is -2.64. The van der Waals surface area contributed by atoms with Crippen molar-refractivity contribution in [1.29, 1.82) is 10.5 Å². The maximum Gasteiger partial charge on any atom is 0.143 e. The number of thioether (sulfide) groups is 1. The highest BCUT2D eigenvalue weighted by Gasteiger charge is 2.23. The van der Waals surface area contributed by atoms with Gasteiger partial charge < -0.3 is 10.2 Å². The molecule has 3 rings (SSSR count). The summed E-state index contributed by atoms with van der Waals surface area (Å²) >= 11 is 13.7. The number of halogens is 2. The molecule has 0 saturated carbocycles. The van der Waals surface area contributed by atoms with E-state index in [0.717, 1.165) is 5.76 Å². The van der Waals surface area contributed by atoms with Crippen LogP contribution < -0.4 is 5.73 Å². The third-order valence-electron chi connectivity index (χ3n) is 3.57. The lowest BCUT2D eigenvalue weighted by molar-refractivity contribution is 0.530. The first-order chi connectivity index (χ1) is 12.6. The predicted octanol–water partition coefficient (Wildman–Crippen LogP) is 5.27. The molecule has 0 atom stereocenters. The molecule has 0 aliphatic carbocycles. The van der Waals surface area contributed by atoms with Crippen molar-refractivity contribution in [1.82, 2.24) is 4.98 Å². The minimum absolute atomic E-state index is 0.0273. The third-order valence-corrected chi connectivity index (χ3v) is 5.38. The third kappa shape index (κ3) is 3.36. The number of nitriles is 2. The van der Waals surface area contributed by atoms with Gasteiger partial charge in [-0.2, -0.15) is 10.5 Å². The van der Waals surface area contributed by atoms with Crippen LogP contribution in [0.4, 0.5) is 5.82 Å². The van der Waals surface area contributed by atoms with E-state index in [2.05, 4.69) is 11.1 Å². The first-order valence-electron chi connectivity index (χ1n) is 7.30. The molecule has 2 heterocycles. The second-order valence-electron chi connectivity index (χ2n) is 5.12. The van der Waals surface area contributed by atoms with Crippen LogP contribution >= 0.6 is 35.0 Å². The van der Waals surface area contributed by atoms with Gasteiger partial charge in [0.05, 0.1) is 27.6 Å². The first-order valence-corrected chi connectivity index (χ1v) is 9.04. The quantitative estimate of drug-likeness (QED) is 0.598. The topological polar surface area (TPSA) is 99.6 Å². The summed E-state index contributed by atoms with van der Waals surface area (Å²) in [6.45, 7) is 0. The average Bonchev–Trinajstić information content (AvgIpc) is 3.15. The zero-order valence-electron chi connectivity index (χ0n) is 13.2. The summed E-state index contributed by atoms with van der Waals surface area (Å²) in [5.74, 6) is 1.22. The highest BCUT2D eigenvalue weighted by molar-refractivity contribution is 7.98. The lowest BCUT2D eigenvalue weighted by Gasteiger charge is -2.14. The highest BCUT2D eigenvalue weighted by atomic mass is 35.5. The SMILES string of the molecule is N#Cc1c(N)nc(SCc2ccco2)c(C#N)c1-c1cccc(Cl)c1Cl. The van der Waals surface area contributed by atoms with Crippen molar-refractivity contribution < 1.29 is 4.42 Å². The van der Waals surface area contributed by atoms with Crippen molar-refractivity contribution in [3.63, 3.8) is 0 Å². The Morgan fingerprint density at radius 2 is 1.88 bits per heavy atom. The van der Waals surface area contributed by atoms with Gasteiger partial charge in [-0.25, -0.2) is 4.98 Å². The number of hydrogen-bond acceptors (Lipinski definition) is 6. The van der Waals surface area contributed by atoms with Crippen LogP contribution in [-0.4, -0.2) is 4.98 Å². The maximum atomic E-state index is 9.74. The van der Waals surface area contributed by atoms with Crippen LogP contribution in [0.1, 0.15) is 16.9 Å². The predicted molar refractivity (Wildman–Crippen MR) is 102 cm³/mol. The molecule has 0 aliphatic rings. The molecule has 0 fully saturated rings. The maximum absolute atomic E-state index is 9.74. The van der Waals surface area contributed by atoms with E-state index in [-0.39, 0.29) is 22.0 Å². The molecule has 0 bridgehead atoms. The van der Waals surface area contributed by atoms with Crippen molar-refractivity contribution in [3.05, 3.63) is 63.5 Å². The van der Waals surface area contributed by atoms with Gasteiger partial charge in [0.1, 0.15) is 34.3 Å². The minimum Gasteiger partial charge on any atom is -0.468 e. The molecule has 0 amide bonds. The summed E-state index contributed by atoms with van der Waals surface area (Å²) in [6, 6.07) is 12.7. The lowest BCUT2D eigenvalue weighted by Crippen LogP contribution is -2.03. The number of pyridine rings is 1. The van der Waals surface area contributed by atoms with E-state index in [4.69, 9.17) is 33.4 Å². The highest BCUT2D eigenvalue weighted by Crippen LogP contribution is 2.41. The first kappa shape index (κ1) is 18.2. The lowest BCUT2D eigenvalue weighted by atomic mass is 9.97. The van der Waals surface area contributed by atoms with E-state index in [0.29, 0.717) is 26.9 Å². The molecule has 2 N–H and O–H groups in total. The Kier molecular flexibility index (Phi) is 5.39. The smallest absolute Gasteiger partial charge is 0.143 e. The number of benzene rings is 1. The summed E-state index contributed by atoms with van der Waals surface area (Å²) in [5.41, 5.74) is 7.07. The van der Waals surface area contributed by atoms with Crippen LogP contribution in [0.15, 0.2) is 46.0 Å². The zero-order valence-corrected chi connectivity index (χ0v) is 15.5. The van der Waals surface area contributed by atoms with Crippen LogP contribution in [0, 0.1) is 22.7 Å². The molecule has 0 radical (unpaired) electrons. The molecule has 3 aromatic rings. The van der Waals surface area contributed by atoms with Crippen LogP contribution in [0.2, 0.25) is 10.0 Å². The van der Waals surface area contributed by atoms with Crippen LogP contribution in [0.25, 0.3) is 11.1 Å². The van der Waals surface area contributed by atoms with E-state index in [9.17, 15) is 10.5 Å². The Balaban J connectivity index is 2.20. The molecule has 0 unspecified atom stereocenters. The van der Waals surface area contributed by atoms with Crippen molar-refractivity contribution in [2.75, 3.05) is 5.73 Å². The molecule has 128 valence electrons. The van der Waals surface area contributed by atoms with Gasteiger partial charge in [-0.3, -0.25) is 0 Å². The molecular formula is C18H10Cl2N4OS. The summed E-state index contributed by atoms with van der Waals surface area (Å²) < 4.78 is 5.30. The Bertz CT molecular complexity index is 1050. The molecule has 5 nitrogen and oxygen atoms in total. The van der Waals surface area contributed by atoms with Gasteiger partial charge in [0.25, 0.3) is 0 Å². The largest absolute Gasteiger partial charge is 0.468 e. The molecular weight excluding hydrogens is 391 g/mol. The fourth-order valence-electron chi connectivity index (χ4n) is 2.40. The van der Waals surface area contributed by atoms with Crippen molar-refractivity contribution in [2.45, 2.75) is 10.8 Å². The number of furan rings is 1. The van der Waals surface area contributed by atoms with E-state index in [1.165, 1.54) is 11.8 Å². The Morgan fingerprint density at radius 1 is 1.12 bits per heavy atom. The second-order valence-corrected chi connectivity index (χ2v) is 6.87. The summed E-state index contributed by atoms with van der Waals surface area (Å²) in [5, 5.41) is 20.2. The summed E-state index contributed by atoms with van der Waals surface area (Å²) in [7, 11) is 0. The number of anilines is 1. The standard InChI is InChI=1S/C18H10Cl2N4OS/c19-14-5-1-4-11(16(14)20)15-12(7-21)17(23)24-18(13(15)8-22)26-9-10-3-2-6-25-10/h1-6H,9H2,(H2,23,24). The van der Waals surface area contributed by atoms with Gasteiger partial charge in [-0.1, -0.05) is 47.1 Å². The van der Waals surface area contributed by atoms with Crippen molar-refractivity contribution >= 4 is 40.8 Å². The number of hydrogen-bond donors (Lipinski definition) is 1. The van der Waals surface area contributed by atoms with E-state index in [1.54, 1.807) is 30.5 Å². The molecule has 26 heavy (non-hydrogen) atoms. The molecule has 0 spiro atoms. The number of nitrogens with two attached hydrogens (primary N) is 1. The molecule has 0 saturated heterocycles. The van der Waals surface area contributed by atoms with Crippen molar-refractivity contribution in [3.8, 4) is 23.3 Å². The summed E-state index contributed by atoms with van der Waals surface area (Å²) in [6.07, 6.45) is 1.57. The van der Waals surface area contributed by atoms with Gasteiger partial charge in [0.2, 0.25) is 0 Å². The van der Waals surface area contributed by atoms with Crippen LogP contribution in [-0.2, 0) is 5.75 Å². The Labute approximate surface area is 164 Å². The van der Waals surface area contributed by atoms with Gasteiger partial charge in [-0.05, 0) is 18.2 Å². The second kappa shape index (κ2) is 7.72. The fraction of sp³-hybridized carbons (Fsp3) is 0.0556. The monoisotopic (exact) mass is 400 g/mol. The number of nitrogens with zero attached hydrogens (tertiary/aromatic N) is 3. The van der Waals surface area contributed by atoms with Gasteiger partial charge in [-0.15, -0.1) is 0 Å². The fourth-order valence-corrected chi connectivity index (χ4v) is 3.70. The number of rotatable bonds is 4. The Morgan fingerprint density at radius 3 is 2.54 bits per heavy atom. The molecule has 2 aromatic heterocycles. The molecule has 1 aromatic carbocycles. The zero-order chi connectivity index (χ0) is 18.7.